The third-order valence-corrected chi connectivity index (χ3v) is 3.19. The van der Waals surface area contributed by atoms with Gasteiger partial charge in [0.2, 0.25) is 0 Å². The summed E-state index contributed by atoms with van der Waals surface area (Å²) in [6, 6.07) is 7.68. The van der Waals surface area contributed by atoms with Crippen LogP contribution in [0.15, 0.2) is 24.3 Å². The van der Waals surface area contributed by atoms with Gasteiger partial charge >= 0.3 is 6.09 Å². The summed E-state index contributed by atoms with van der Waals surface area (Å²) in [6.45, 7) is 4.61. The molecule has 4 heteroatoms. The Morgan fingerprint density at radius 2 is 2.44 bits per heavy atom. The Morgan fingerprint density at radius 3 is 3.17 bits per heavy atom. The van der Waals surface area contributed by atoms with Gasteiger partial charge in [0, 0.05) is 5.69 Å². The van der Waals surface area contributed by atoms with Gasteiger partial charge in [-0.2, -0.15) is 0 Å². The molecule has 1 amide bonds. The Labute approximate surface area is 108 Å². The van der Waals surface area contributed by atoms with Crippen molar-refractivity contribution in [2.24, 2.45) is 5.92 Å². The van der Waals surface area contributed by atoms with Crippen LogP contribution in [0.25, 0.3) is 0 Å². The van der Waals surface area contributed by atoms with Crippen molar-refractivity contribution in [3.63, 3.8) is 0 Å². The summed E-state index contributed by atoms with van der Waals surface area (Å²) in [6.07, 6.45) is 1.75. The highest BCUT2D eigenvalue weighted by atomic mass is 16.5. The fraction of sp³-hybridized carbons (Fsp3) is 0.500. The fourth-order valence-electron chi connectivity index (χ4n) is 2.16. The minimum Gasteiger partial charge on any atom is -0.449 e. The second kappa shape index (κ2) is 6.40. The van der Waals surface area contributed by atoms with Crippen LogP contribution in [-0.2, 0) is 4.74 Å². The largest absolute Gasteiger partial charge is 0.449 e. The van der Waals surface area contributed by atoms with E-state index in [4.69, 9.17) is 4.74 Å². The normalized spacial score (nSPS) is 18.6. The van der Waals surface area contributed by atoms with Gasteiger partial charge in [0.15, 0.2) is 0 Å². The number of carbonyl (C=O) groups is 1. The molecule has 0 spiro atoms. The number of rotatable bonds is 4. The van der Waals surface area contributed by atoms with Crippen molar-refractivity contribution in [1.82, 2.24) is 5.32 Å². The summed E-state index contributed by atoms with van der Waals surface area (Å²) >= 11 is 0. The van der Waals surface area contributed by atoms with E-state index in [1.807, 2.05) is 31.2 Å². The van der Waals surface area contributed by atoms with Gasteiger partial charge in [0.05, 0.1) is 6.61 Å². The van der Waals surface area contributed by atoms with Crippen molar-refractivity contribution in [1.29, 1.82) is 0 Å². The standard InChI is InChI=1S/C14H20N2O2/c1-11-3-2-4-13(9-11)16-14(17)18-8-6-12-5-7-15-10-12/h2-4,9,12,15H,5-8,10H2,1H3,(H,16,17). The summed E-state index contributed by atoms with van der Waals surface area (Å²) in [5, 5.41) is 6.03. The Kier molecular flexibility index (Phi) is 4.59. The molecular weight excluding hydrogens is 228 g/mol. The molecule has 1 aromatic carbocycles. The van der Waals surface area contributed by atoms with Crippen LogP contribution in [0.2, 0.25) is 0 Å². The van der Waals surface area contributed by atoms with Gasteiger partial charge in [-0.15, -0.1) is 0 Å². The summed E-state index contributed by atoms with van der Waals surface area (Å²) in [5.41, 5.74) is 1.90. The molecule has 0 bridgehead atoms. The third kappa shape index (κ3) is 4.04. The van der Waals surface area contributed by atoms with Crippen LogP contribution in [0.3, 0.4) is 0 Å². The van der Waals surface area contributed by atoms with Crippen LogP contribution >= 0.6 is 0 Å². The lowest BCUT2D eigenvalue weighted by molar-refractivity contribution is 0.154. The zero-order valence-corrected chi connectivity index (χ0v) is 10.7. The molecule has 0 aliphatic carbocycles. The first-order valence-corrected chi connectivity index (χ1v) is 6.45. The van der Waals surface area contributed by atoms with Crippen LogP contribution in [0.5, 0.6) is 0 Å². The Hall–Kier alpha value is -1.55. The fourth-order valence-corrected chi connectivity index (χ4v) is 2.16. The van der Waals surface area contributed by atoms with E-state index < -0.39 is 0 Å². The quantitative estimate of drug-likeness (QED) is 0.861. The van der Waals surface area contributed by atoms with E-state index in [2.05, 4.69) is 10.6 Å². The summed E-state index contributed by atoms with van der Waals surface area (Å²) < 4.78 is 5.17. The minimum absolute atomic E-state index is 0.369. The molecule has 1 saturated heterocycles. The van der Waals surface area contributed by atoms with E-state index in [0.717, 1.165) is 30.8 Å². The summed E-state index contributed by atoms with van der Waals surface area (Å²) in [7, 11) is 0. The van der Waals surface area contributed by atoms with E-state index in [9.17, 15) is 4.79 Å². The second-order valence-electron chi connectivity index (χ2n) is 4.78. The third-order valence-electron chi connectivity index (χ3n) is 3.19. The van der Waals surface area contributed by atoms with Crippen molar-refractivity contribution in [2.75, 3.05) is 25.0 Å². The molecule has 2 N–H and O–H groups in total. The maximum absolute atomic E-state index is 11.5. The zero-order chi connectivity index (χ0) is 12.8. The number of aryl methyl sites for hydroxylation is 1. The van der Waals surface area contributed by atoms with E-state index in [1.54, 1.807) is 0 Å². The molecule has 4 nitrogen and oxygen atoms in total. The number of amides is 1. The first-order chi connectivity index (χ1) is 8.74. The van der Waals surface area contributed by atoms with Gasteiger partial charge in [-0.25, -0.2) is 4.79 Å². The van der Waals surface area contributed by atoms with Gasteiger partial charge in [-0.05, 0) is 56.5 Å². The molecule has 1 heterocycles. The number of carbonyl (C=O) groups excluding carboxylic acids is 1. The first-order valence-electron chi connectivity index (χ1n) is 6.45. The molecule has 1 aromatic rings. The molecule has 1 fully saturated rings. The molecule has 1 atom stereocenters. The van der Waals surface area contributed by atoms with Crippen molar-refractivity contribution < 1.29 is 9.53 Å². The highest BCUT2D eigenvalue weighted by Crippen LogP contribution is 2.13. The van der Waals surface area contributed by atoms with Crippen molar-refractivity contribution in [2.45, 2.75) is 19.8 Å². The molecule has 2 rings (SSSR count). The number of benzene rings is 1. The first kappa shape index (κ1) is 12.9. The molecule has 0 radical (unpaired) electrons. The summed E-state index contributed by atoms with van der Waals surface area (Å²) in [5.74, 6) is 0.650. The van der Waals surface area contributed by atoms with Crippen molar-refractivity contribution >= 4 is 11.8 Å². The van der Waals surface area contributed by atoms with E-state index in [1.165, 1.54) is 6.42 Å². The average Bonchev–Trinajstić information content (AvgIpc) is 2.82. The highest BCUT2D eigenvalue weighted by Gasteiger charge is 2.14. The molecule has 0 aromatic heterocycles. The maximum Gasteiger partial charge on any atom is 0.411 e. The van der Waals surface area contributed by atoms with E-state index in [0.29, 0.717) is 12.5 Å². The van der Waals surface area contributed by atoms with Crippen LogP contribution in [0, 0.1) is 12.8 Å². The van der Waals surface area contributed by atoms with Gasteiger partial charge in [0.1, 0.15) is 0 Å². The van der Waals surface area contributed by atoms with Crippen LogP contribution in [0.4, 0.5) is 10.5 Å². The van der Waals surface area contributed by atoms with Gasteiger partial charge in [0.25, 0.3) is 0 Å². The minimum atomic E-state index is -0.369. The number of ether oxygens (including phenoxy) is 1. The van der Waals surface area contributed by atoms with Gasteiger partial charge in [-0.1, -0.05) is 12.1 Å². The predicted octanol–water partition coefficient (Wildman–Crippen LogP) is 2.54. The molecular formula is C14H20N2O2. The average molecular weight is 248 g/mol. The van der Waals surface area contributed by atoms with Crippen molar-refractivity contribution in [3.8, 4) is 0 Å². The number of hydrogen-bond donors (Lipinski definition) is 2. The number of hydrogen-bond acceptors (Lipinski definition) is 3. The maximum atomic E-state index is 11.5. The Balaban J connectivity index is 1.68. The predicted molar refractivity (Wildman–Crippen MR) is 71.7 cm³/mol. The van der Waals surface area contributed by atoms with Crippen LogP contribution < -0.4 is 10.6 Å². The van der Waals surface area contributed by atoms with Crippen LogP contribution in [-0.4, -0.2) is 25.8 Å². The highest BCUT2D eigenvalue weighted by molar-refractivity contribution is 5.84. The topological polar surface area (TPSA) is 50.4 Å². The van der Waals surface area contributed by atoms with E-state index in [-0.39, 0.29) is 6.09 Å². The lowest BCUT2D eigenvalue weighted by Gasteiger charge is -2.10. The lowest BCUT2D eigenvalue weighted by atomic mass is 10.1. The molecule has 1 unspecified atom stereocenters. The lowest BCUT2D eigenvalue weighted by Crippen LogP contribution is -2.17. The molecule has 0 saturated carbocycles. The zero-order valence-electron chi connectivity index (χ0n) is 10.7. The summed E-state index contributed by atoms with van der Waals surface area (Å²) in [4.78, 5) is 11.5. The number of anilines is 1. The SMILES string of the molecule is Cc1cccc(NC(=O)OCCC2CCNC2)c1. The van der Waals surface area contributed by atoms with E-state index >= 15 is 0 Å². The Morgan fingerprint density at radius 1 is 1.56 bits per heavy atom. The molecule has 98 valence electrons. The molecule has 1 aliphatic rings. The van der Waals surface area contributed by atoms with Gasteiger partial charge in [-0.3, -0.25) is 5.32 Å². The second-order valence-corrected chi connectivity index (χ2v) is 4.78. The van der Waals surface area contributed by atoms with Crippen molar-refractivity contribution in [3.05, 3.63) is 29.8 Å². The molecule has 1 aliphatic heterocycles. The smallest absolute Gasteiger partial charge is 0.411 e. The molecule has 18 heavy (non-hydrogen) atoms. The monoisotopic (exact) mass is 248 g/mol. The number of nitrogens with one attached hydrogen (secondary N) is 2. The van der Waals surface area contributed by atoms with Gasteiger partial charge < -0.3 is 10.1 Å². The Bertz CT molecular complexity index is 401. The van der Waals surface area contributed by atoms with Crippen LogP contribution in [0.1, 0.15) is 18.4 Å².